The van der Waals surface area contributed by atoms with E-state index in [-0.39, 0.29) is 11.0 Å². The largest absolute Gasteiger partial charge is 0.323 e. The van der Waals surface area contributed by atoms with Crippen LogP contribution in [0, 0.1) is 39.0 Å². The molecule has 6 heteroatoms. The molecule has 1 heterocycles. The van der Waals surface area contributed by atoms with Gasteiger partial charge in [-0.1, -0.05) is 6.07 Å². The summed E-state index contributed by atoms with van der Waals surface area (Å²) in [6, 6.07) is 7.66. The Morgan fingerprint density at radius 2 is 1.91 bits per heavy atom. The predicted octanol–water partition coefficient (Wildman–Crippen LogP) is 3.98. The van der Waals surface area contributed by atoms with Gasteiger partial charge in [0, 0.05) is 10.4 Å². The molecule has 2 aromatic rings. The van der Waals surface area contributed by atoms with Gasteiger partial charge in [-0.2, -0.15) is 5.26 Å². The van der Waals surface area contributed by atoms with Gasteiger partial charge in [-0.15, -0.1) is 11.3 Å². The van der Waals surface area contributed by atoms with E-state index in [0.717, 1.165) is 21.6 Å². The number of nitriles is 1. The van der Waals surface area contributed by atoms with Gasteiger partial charge >= 0.3 is 0 Å². The Labute approximate surface area is 145 Å². The molecule has 0 aliphatic carbocycles. The van der Waals surface area contributed by atoms with Gasteiger partial charge in [0.1, 0.15) is 11.1 Å². The van der Waals surface area contributed by atoms with Crippen molar-refractivity contribution in [1.82, 2.24) is 5.32 Å². The highest BCUT2D eigenvalue weighted by molar-refractivity contribution is 7.80. The monoisotopic (exact) mass is 343 g/mol. The Balaban J connectivity index is 2.11. The van der Waals surface area contributed by atoms with Crippen LogP contribution in [0.25, 0.3) is 0 Å². The lowest BCUT2D eigenvalue weighted by molar-refractivity contribution is 0.0977. The zero-order valence-electron chi connectivity index (χ0n) is 13.4. The van der Waals surface area contributed by atoms with Gasteiger partial charge in [0.15, 0.2) is 5.11 Å². The van der Waals surface area contributed by atoms with E-state index >= 15 is 0 Å². The van der Waals surface area contributed by atoms with Crippen molar-refractivity contribution in [3.63, 3.8) is 0 Å². The van der Waals surface area contributed by atoms with Gasteiger partial charge in [-0.05, 0) is 68.7 Å². The SMILES string of the molecule is Cc1ccc(C(=O)NC(=S)Nc2sc(C)c(C)c2C#N)cc1C. The molecular formula is C17H17N3OS2. The molecule has 0 saturated carbocycles. The first-order valence-corrected chi connectivity index (χ1v) is 8.25. The number of amides is 1. The molecule has 0 bridgehead atoms. The lowest BCUT2D eigenvalue weighted by Crippen LogP contribution is -2.34. The quantitative estimate of drug-likeness (QED) is 0.810. The molecule has 1 aromatic heterocycles. The summed E-state index contributed by atoms with van der Waals surface area (Å²) in [7, 11) is 0. The number of hydrogen-bond donors (Lipinski definition) is 2. The molecule has 0 aliphatic rings. The number of benzene rings is 1. The topological polar surface area (TPSA) is 64.9 Å². The highest BCUT2D eigenvalue weighted by Crippen LogP contribution is 2.31. The summed E-state index contributed by atoms with van der Waals surface area (Å²) in [6.07, 6.45) is 0. The Morgan fingerprint density at radius 3 is 2.52 bits per heavy atom. The molecule has 0 saturated heterocycles. The number of nitrogens with one attached hydrogen (secondary N) is 2. The van der Waals surface area contributed by atoms with Crippen LogP contribution in [0.1, 0.15) is 37.5 Å². The van der Waals surface area contributed by atoms with Gasteiger partial charge in [0.05, 0.1) is 5.56 Å². The maximum atomic E-state index is 12.2. The van der Waals surface area contributed by atoms with Crippen molar-refractivity contribution < 1.29 is 4.79 Å². The average Bonchev–Trinajstić information content (AvgIpc) is 2.75. The molecular weight excluding hydrogens is 326 g/mol. The molecule has 118 valence electrons. The van der Waals surface area contributed by atoms with Crippen LogP contribution in [-0.4, -0.2) is 11.0 Å². The summed E-state index contributed by atoms with van der Waals surface area (Å²) < 4.78 is 0. The van der Waals surface area contributed by atoms with Crippen LogP contribution < -0.4 is 10.6 Å². The second-order valence-corrected chi connectivity index (χ2v) is 6.94. The van der Waals surface area contributed by atoms with Gasteiger partial charge in [-0.3, -0.25) is 10.1 Å². The second kappa shape index (κ2) is 6.90. The van der Waals surface area contributed by atoms with E-state index in [1.54, 1.807) is 6.07 Å². The first-order valence-electron chi connectivity index (χ1n) is 7.03. The zero-order valence-corrected chi connectivity index (χ0v) is 15.0. The maximum absolute atomic E-state index is 12.2. The predicted molar refractivity (Wildman–Crippen MR) is 98.1 cm³/mol. The van der Waals surface area contributed by atoms with Crippen molar-refractivity contribution in [3.05, 3.63) is 50.9 Å². The summed E-state index contributed by atoms with van der Waals surface area (Å²) in [5.41, 5.74) is 4.23. The summed E-state index contributed by atoms with van der Waals surface area (Å²) >= 11 is 6.63. The molecule has 0 aliphatic heterocycles. The Kier molecular flexibility index (Phi) is 5.14. The number of rotatable bonds is 2. The van der Waals surface area contributed by atoms with Crippen LogP contribution in [-0.2, 0) is 0 Å². The standard InChI is InChI=1S/C17H17N3OS2/c1-9-5-6-13(7-10(9)2)15(21)19-17(22)20-16-14(8-18)11(3)12(4)23-16/h5-7H,1-4H3,(H2,19,20,21,22). The minimum absolute atomic E-state index is 0.186. The van der Waals surface area contributed by atoms with Gasteiger partial charge in [0.2, 0.25) is 0 Å². The molecule has 0 unspecified atom stereocenters. The van der Waals surface area contributed by atoms with E-state index in [2.05, 4.69) is 16.7 Å². The number of thiocarbonyl (C=S) groups is 1. The molecule has 0 fully saturated rings. The number of carbonyl (C=O) groups is 1. The van der Waals surface area contributed by atoms with Crippen LogP contribution in [0.4, 0.5) is 5.00 Å². The molecule has 4 nitrogen and oxygen atoms in total. The van der Waals surface area contributed by atoms with E-state index in [9.17, 15) is 10.1 Å². The van der Waals surface area contributed by atoms with E-state index in [0.29, 0.717) is 16.1 Å². The third-order valence-electron chi connectivity index (χ3n) is 3.72. The maximum Gasteiger partial charge on any atom is 0.257 e. The summed E-state index contributed by atoms with van der Waals surface area (Å²) in [4.78, 5) is 13.3. The number of carbonyl (C=O) groups excluding carboxylic acids is 1. The molecule has 1 aromatic carbocycles. The minimum Gasteiger partial charge on any atom is -0.323 e. The van der Waals surface area contributed by atoms with Crippen molar-refractivity contribution in [1.29, 1.82) is 5.26 Å². The Bertz CT molecular complexity index is 831. The fourth-order valence-corrected chi connectivity index (χ4v) is 3.32. The number of aryl methyl sites for hydroxylation is 3. The third-order valence-corrected chi connectivity index (χ3v) is 5.05. The number of nitrogens with zero attached hydrogens (tertiary/aromatic N) is 1. The summed E-state index contributed by atoms with van der Waals surface area (Å²) in [6.45, 7) is 7.79. The Morgan fingerprint density at radius 1 is 1.22 bits per heavy atom. The van der Waals surface area contributed by atoms with Crippen LogP contribution in [0.5, 0.6) is 0 Å². The average molecular weight is 343 g/mol. The lowest BCUT2D eigenvalue weighted by atomic mass is 10.1. The fourth-order valence-electron chi connectivity index (χ4n) is 2.04. The molecule has 23 heavy (non-hydrogen) atoms. The van der Waals surface area contributed by atoms with E-state index < -0.39 is 0 Å². The zero-order chi connectivity index (χ0) is 17.1. The highest BCUT2D eigenvalue weighted by Gasteiger charge is 2.15. The van der Waals surface area contributed by atoms with Crippen LogP contribution in [0.15, 0.2) is 18.2 Å². The Hall–Kier alpha value is -2.23. The molecule has 1 amide bonds. The van der Waals surface area contributed by atoms with E-state index in [1.165, 1.54) is 11.3 Å². The van der Waals surface area contributed by atoms with Crippen molar-refractivity contribution in [2.24, 2.45) is 0 Å². The van der Waals surface area contributed by atoms with Gasteiger partial charge in [0.25, 0.3) is 5.91 Å². The molecule has 2 rings (SSSR count). The summed E-state index contributed by atoms with van der Waals surface area (Å²) in [5, 5.41) is 15.7. The highest BCUT2D eigenvalue weighted by atomic mass is 32.1. The van der Waals surface area contributed by atoms with Crippen LogP contribution in [0.3, 0.4) is 0 Å². The van der Waals surface area contributed by atoms with Crippen molar-refractivity contribution in [2.75, 3.05) is 5.32 Å². The number of hydrogen-bond acceptors (Lipinski definition) is 4. The van der Waals surface area contributed by atoms with Gasteiger partial charge in [-0.25, -0.2) is 0 Å². The van der Waals surface area contributed by atoms with E-state index in [4.69, 9.17) is 12.2 Å². The normalized spacial score (nSPS) is 10.0. The van der Waals surface area contributed by atoms with Gasteiger partial charge < -0.3 is 5.32 Å². The second-order valence-electron chi connectivity index (χ2n) is 5.31. The first-order chi connectivity index (χ1) is 10.8. The van der Waals surface area contributed by atoms with Crippen molar-refractivity contribution in [2.45, 2.75) is 27.7 Å². The number of thiophene rings is 1. The van der Waals surface area contributed by atoms with Crippen LogP contribution in [0.2, 0.25) is 0 Å². The summed E-state index contributed by atoms with van der Waals surface area (Å²) in [5.74, 6) is -0.269. The molecule has 0 atom stereocenters. The third kappa shape index (κ3) is 3.76. The molecule has 0 radical (unpaired) electrons. The number of anilines is 1. The fraction of sp³-hybridized carbons (Fsp3) is 0.235. The smallest absolute Gasteiger partial charge is 0.257 e. The first kappa shape index (κ1) is 17.1. The lowest BCUT2D eigenvalue weighted by Gasteiger charge is -2.09. The van der Waals surface area contributed by atoms with Crippen LogP contribution >= 0.6 is 23.6 Å². The van der Waals surface area contributed by atoms with E-state index in [1.807, 2.05) is 39.8 Å². The van der Waals surface area contributed by atoms with Crippen molar-refractivity contribution >= 4 is 39.6 Å². The minimum atomic E-state index is -0.269. The molecule has 0 spiro atoms. The van der Waals surface area contributed by atoms with Crippen molar-refractivity contribution in [3.8, 4) is 6.07 Å². The molecule has 2 N–H and O–H groups in total.